The number of nitrogens with two attached hydrogens (primary N) is 1. The van der Waals surface area contributed by atoms with Crippen molar-refractivity contribution < 1.29 is 10.2 Å². The van der Waals surface area contributed by atoms with Crippen LogP contribution >= 0.6 is 0 Å². The fraction of sp³-hybridized carbons (Fsp3) is 0.333. The second kappa shape index (κ2) is 3.20. The van der Waals surface area contributed by atoms with Gasteiger partial charge in [-0.25, -0.2) is 0 Å². The van der Waals surface area contributed by atoms with Crippen LogP contribution in [-0.2, 0) is 0 Å². The summed E-state index contributed by atoms with van der Waals surface area (Å²) in [5.74, 6) is 0.252. The van der Waals surface area contributed by atoms with Crippen molar-refractivity contribution in [2.45, 2.75) is 19.8 Å². The van der Waals surface area contributed by atoms with Crippen LogP contribution in [0.1, 0.15) is 25.3 Å². The van der Waals surface area contributed by atoms with Gasteiger partial charge in [0.05, 0.1) is 0 Å². The maximum atomic E-state index is 9.69. The third kappa shape index (κ3) is 1.57. The van der Waals surface area contributed by atoms with Crippen molar-refractivity contribution in [3.63, 3.8) is 0 Å². The molecule has 4 heteroatoms. The monoisotopic (exact) mass is 179 g/mol. The number of phenols is 2. The van der Waals surface area contributed by atoms with Gasteiger partial charge < -0.3 is 15.9 Å². The molecule has 4 N–H and O–H groups in total. The third-order valence-corrected chi connectivity index (χ3v) is 2.19. The van der Waals surface area contributed by atoms with Gasteiger partial charge in [-0.2, -0.15) is 0 Å². The second-order valence-electron chi connectivity index (χ2n) is 3.53. The molecule has 1 rings (SSSR count). The van der Waals surface area contributed by atoms with Crippen LogP contribution in [0.3, 0.4) is 0 Å². The summed E-state index contributed by atoms with van der Waals surface area (Å²) < 4.78 is 0. The average Bonchev–Trinajstić information content (AvgIpc) is 1.99. The number of nitrogen functional groups attached to an aromatic ring is 1. The zero-order chi connectivity index (χ0) is 10.2. The van der Waals surface area contributed by atoms with Gasteiger partial charge in [-0.1, -0.05) is 13.8 Å². The Morgan fingerprint density at radius 2 is 1.92 bits per heavy atom. The van der Waals surface area contributed by atoms with E-state index in [4.69, 9.17) is 5.73 Å². The van der Waals surface area contributed by atoms with Crippen molar-refractivity contribution >= 4 is 19.0 Å². The molecule has 0 amide bonds. The van der Waals surface area contributed by atoms with Gasteiger partial charge in [0.25, 0.3) is 0 Å². The fourth-order valence-electron chi connectivity index (χ4n) is 1.36. The Morgan fingerprint density at radius 1 is 1.38 bits per heavy atom. The van der Waals surface area contributed by atoms with E-state index in [-0.39, 0.29) is 17.4 Å². The van der Waals surface area contributed by atoms with Gasteiger partial charge in [-0.15, -0.1) is 0 Å². The molecular formula is C9H14BNO2. The number of aromatic hydroxyl groups is 2. The van der Waals surface area contributed by atoms with Gasteiger partial charge in [-0.05, 0) is 11.4 Å². The lowest BCUT2D eigenvalue weighted by Crippen LogP contribution is -2.12. The molecule has 0 heterocycles. The summed E-state index contributed by atoms with van der Waals surface area (Å²) in [4.78, 5) is 0. The predicted octanol–water partition coefficient (Wildman–Crippen LogP) is 0.0618. The van der Waals surface area contributed by atoms with E-state index >= 15 is 0 Å². The molecule has 13 heavy (non-hydrogen) atoms. The highest BCUT2D eigenvalue weighted by molar-refractivity contribution is 6.37. The van der Waals surface area contributed by atoms with E-state index < -0.39 is 0 Å². The molecule has 3 nitrogen and oxygen atoms in total. The normalized spacial score (nSPS) is 10.7. The molecule has 1 aromatic rings. The summed E-state index contributed by atoms with van der Waals surface area (Å²) in [6.07, 6.45) is 0. The van der Waals surface area contributed by atoms with Crippen molar-refractivity contribution in [1.82, 2.24) is 0 Å². The molecule has 0 aliphatic heterocycles. The lowest BCUT2D eigenvalue weighted by atomic mass is 9.87. The molecule has 0 bridgehead atoms. The smallest absolute Gasteiger partial charge is 0.146 e. The van der Waals surface area contributed by atoms with E-state index in [0.717, 1.165) is 0 Å². The third-order valence-electron chi connectivity index (χ3n) is 2.19. The Bertz CT molecular complexity index is 337. The minimum absolute atomic E-state index is 0.0654. The van der Waals surface area contributed by atoms with Crippen LogP contribution < -0.4 is 11.2 Å². The molecule has 0 aliphatic carbocycles. The average molecular weight is 179 g/mol. The number of benzene rings is 1. The highest BCUT2D eigenvalue weighted by atomic mass is 16.3. The Balaban J connectivity index is 3.44. The molecule has 0 saturated carbocycles. The van der Waals surface area contributed by atoms with Crippen LogP contribution in [0.2, 0.25) is 0 Å². The summed E-state index contributed by atoms with van der Waals surface area (Å²) >= 11 is 0. The van der Waals surface area contributed by atoms with Crippen LogP contribution in [0.4, 0.5) is 5.69 Å². The van der Waals surface area contributed by atoms with E-state index in [1.165, 1.54) is 6.07 Å². The topological polar surface area (TPSA) is 66.5 Å². The first-order valence-electron chi connectivity index (χ1n) is 4.26. The maximum Gasteiger partial charge on any atom is 0.146 e. The first kappa shape index (κ1) is 9.77. The van der Waals surface area contributed by atoms with Crippen LogP contribution in [0.15, 0.2) is 6.07 Å². The van der Waals surface area contributed by atoms with Crippen LogP contribution in [0.25, 0.3) is 0 Å². The van der Waals surface area contributed by atoms with E-state index in [1.54, 1.807) is 7.85 Å². The number of anilines is 1. The highest BCUT2D eigenvalue weighted by Crippen LogP contribution is 2.33. The molecule has 0 unspecified atom stereocenters. The standard InChI is InChI=1S/C9H14BNO2/c1-4(2)7-6(12)3-5(11)8(10)9(7)13/h3-4,12-13H,10-11H2,1-2H3. The zero-order valence-corrected chi connectivity index (χ0v) is 8.13. The summed E-state index contributed by atoms with van der Waals surface area (Å²) in [6.45, 7) is 3.81. The number of rotatable bonds is 1. The summed E-state index contributed by atoms with van der Waals surface area (Å²) in [7, 11) is 1.73. The van der Waals surface area contributed by atoms with Crippen molar-refractivity contribution in [1.29, 1.82) is 0 Å². The Labute approximate surface area is 78.6 Å². The van der Waals surface area contributed by atoms with Crippen LogP contribution in [-0.4, -0.2) is 18.1 Å². The van der Waals surface area contributed by atoms with E-state index in [9.17, 15) is 10.2 Å². The van der Waals surface area contributed by atoms with Crippen molar-refractivity contribution in [2.24, 2.45) is 0 Å². The molecule has 0 saturated heterocycles. The largest absolute Gasteiger partial charge is 0.508 e. The lowest BCUT2D eigenvalue weighted by Gasteiger charge is -2.14. The first-order chi connectivity index (χ1) is 5.95. The minimum Gasteiger partial charge on any atom is -0.508 e. The van der Waals surface area contributed by atoms with Crippen LogP contribution in [0.5, 0.6) is 11.5 Å². The first-order valence-corrected chi connectivity index (χ1v) is 4.26. The molecule has 0 aromatic heterocycles. The fourth-order valence-corrected chi connectivity index (χ4v) is 1.36. The van der Waals surface area contributed by atoms with Crippen molar-refractivity contribution in [3.8, 4) is 11.5 Å². The molecule has 0 spiro atoms. The zero-order valence-electron chi connectivity index (χ0n) is 8.13. The molecule has 0 radical (unpaired) electrons. The van der Waals surface area contributed by atoms with Crippen molar-refractivity contribution in [3.05, 3.63) is 11.6 Å². The van der Waals surface area contributed by atoms with Gasteiger partial charge in [-0.3, -0.25) is 0 Å². The molecule has 0 fully saturated rings. The molecule has 1 aromatic carbocycles. The SMILES string of the molecule is Bc1c(N)cc(O)c(C(C)C)c1O. The van der Waals surface area contributed by atoms with Gasteiger partial charge >= 0.3 is 0 Å². The lowest BCUT2D eigenvalue weighted by molar-refractivity contribution is 0.436. The van der Waals surface area contributed by atoms with E-state index in [1.807, 2.05) is 13.8 Å². The summed E-state index contributed by atoms with van der Waals surface area (Å²) in [5.41, 5.74) is 7.17. The predicted molar refractivity (Wildman–Crippen MR) is 56.5 cm³/mol. The molecule has 0 aliphatic rings. The second-order valence-corrected chi connectivity index (χ2v) is 3.53. The molecule has 70 valence electrons. The van der Waals surface area contributed by atoms with Gasteiger partial charge in [0.2, 0.25) is 0 Å². The van der Waals surface area contributed by atoms with Gasteiger partial charge in [0.15, 0.2) is 0 Å². The van der Waals surface area contributed by atoms with E-state index in [2.05, 4.69) is 0 Å². The highest BCUT2D eigenvalue weighted by Gasteiger charge is 2.15. The number of phenolic OH excluding ortho intramolecular Hbond substituents is 2. The number of hydrogen-bond acceptors (Lipinski definition) is 3. The summed E-state index contributed by atoms with van der Waals surface area (Å²) in [6, 6.07) is 1.48. The Morgan fingerprint density at radius 3 is 2.38 bits per heavy atom. The maximum absolute atomic E-state index is 9.69. The Hall–Kier alpha value is -1.32. The number of hydrogen-bond donors (Lipinski definition) is 3. The van der Waals surface area contributed by atoms with E-state index in [0.29, 0.717) is 16.7 Å². The van der Waals surface area contributed by atoms with Crippen LogP contribution in [0, 0.1) is 0 Å². The quantitative estimate of drug-likeness (QED) is 0.421. The van der Waals surface area contributed by atoms with Crippen molar-refractivity contribution in [2.75, 3.05) is 5.73 Å². The van der Waals surface area contributed by atoms with Gasteiger partial charge in [0, 0.05) is 17.3 Å². The van der Waals surface area contributed by atoms with Gasteiger partial charge in [0.1, 0.15) is 19.3 Å². The molecular weight excluding hydrogens is 165 g/mol. The Kier molecular flexibility index (Phi) is 2.41. The minimum atomic E-state index is 0.0654. The molecule has 0 atom stereocenters. The summed E-state index contributed by atoms with van der Waals surface area (Å²) in [5, 5.41) is 19.2.